The number of benzene rings is 1. The molecule has 0 aliphatic heterocycles. The molecule has 0 amide bonds. The number of pyridine rings is 1. The Morgan fingerprint density at radius 1 is 1.00 bits per heavy atom. The molecule has 1 aromatic carbocycles. The van der Waals surface area contributed by atoms with E-state index >= 15 is 0 Å². The quantitative estimate of drug-likeness (QED) is 0.574. The fourth-order valence-electron chi connectivity index (χ4n) is 1.46. The van der Waals surface area contributed by atoms with Crippen molar-refractivity contribution < 1.29 is 4.79 Å². The number of carbonyl (C=O) groups is 1. The van der Waals surface area contributed by atoms with Crippen LogP contribution in [0, 0.1) is 0 Å². The van der Waals surface area contributed by atoms with Gasteiger partial charge in [0.15, 0.2) is 6.29 Å². The summed E-state index contributed by atoms with van der Waals surface area (Å²) in [5.41, 5.74) is 2.57. The first kappa shape index (κ1) is 10.3. The van der Waals surface area contributed by atoms with Gasteiger partial charge in [-0.3, -0.25) is 9.78 Å². The highest BCUT2D eigenvalue weighted by atomic mass is 16.1. The first-order valence-corrected chi connectivity index (χ1v) is 5.02. The van der Waals surface area contributed by atoms with Gasteiger partial charge < -0.3 is 0 Å². The van der Waals surface area contributed by atoms with Crippen LogP contribution >= 0.6 is 0 Å². The highest BCUT2D eigenvalue weighted by Crippen LogP contribution is 2.15. The summed E-state index contributed by atoms with van der Waals surface area (Å²) in [6.07, 6.45) is 6.14. The molecule has 0 spiro atoms. The maximum atomic E-state index is 11.0. The topological polar surface area (TPSA) is 30.0 Å². The van der Waals surface area contributed by atoms with Gasteiger partial charge in [0.25, 0.3) is 0 Å². The van der Waals surface area contributed by atoms with E-state index < -0.39 is 0 Å². The molecule has 1 aromatic heterocycles. The lowest BCUT2D eigenvalue weighted by molar-refractivity contribution is -0.103. The molecule has 16 heavy (non-hydrogen) atoms. The van der Waals surface area contributed by atoms with E-state index in [9.17, 15) is 4.79 Å². The Morgan fingerprint density at radius 2 is 1.69 bits per heavy atom. The van der Waals surface area contributed by atoms with E-state index in [2.05, 4.69) is 4.98 Å². The van der Waals surface area contributed by atoms with Crippen molar-refractivity contribution in [3.63, 3.8) is 0 Å². The van der Waals surface area contributed by atoms with Crippen LogP contribution in [-0.4, -0.2) is 11.3 Å². The molecule has 0 unspecified atom stereocenters. The normalized spacial score (nSPS) is 11.1. The molecular formula is C14H11NO. The average molecular weight is 209 g/mol. The lowest BCUT2D eigenvalue weighted by Gasteiger charge is -1.99. The van der Waals surface area contributed by atoms with Crippen LogP contribution in [0.15, 0.2) is 54.9 Å². The first-order chi connectivity index (χ1) is 7.90. The Morgan fingerprint density at radius 3 is 2.31 bits per heavy atom. The predicted octanol–water partition coefficient (Wildman–Crippen LogP) is 2.82. The summed E-state index contributed by atoms with van der Waals surface area (Å²) < 4.78 is 0. The number of allylic oxidation sites excluding steroid dienone is 1. The van der Waals surface area contributed by atoms with Gasteiger partial charge in [0.05, 0.1) is 0 Å². The number of aldehydes is 1. The zero-order chi connectivity index (χ0) is 11.2. The minimum absolute atomic E-state index is 0.673. The summed E-state index contributed by atoms with van der Waals surface area (Å²) in [6, 6.07) is 13.3. The van der Waals surface area contributed by atoms with Gasteiger partial charge >= 0.3 is 0 Å². The number of aromatic nitrogens is 1. The highest BCUT2D eigenvalue weighted by Gasteiger charge is 1.98. The standard InChI is InChI=1S/C14H11NO/c16-11-14(13-4-2-1-3-5-13)10-12-6-8-15-9-7-12/h1-11H/b14-10-. The van der Waals surface area contributed by atoms with Crippen molar-refractivity contribution in [3.8, 4) is 0 Å². The smallest absolute Gasteiger partial charge is 0.150 e. The SMILES string of the molecule is O=C/C(=C/c1ccncc1)c1ccccc1. The van der Waals surface area contributed by atoms with Gasteiger partial charge in [-0.05, 0) is 29.3 Å². The minimum atomic E-state index is 0.673. The van der Waals surface area contributed by atoms with E-state index in [1.54, 1.807) is 12.4 Å². The molecule has 0 atom stereocenters. The molecule has 0 fully saturated rings. The zero-order valence-electron chi connectivity index (χ0n) is 8.71. The van der Waals surface area contributed by atoms with Crippen molar-refractivity contribution in [2.45, 2.75) is 0 Å². The molecule has 2 aromatic rings. The molecule has 2 rings (SSSR count). The van der Waals surface area contributed by atoms with Crippen molar-refractivity contribution >= 4 is 17.9 Å². The number of hydrogen-bond acceptors (Lipinski definition) is 2. The van der Waals surface area contributed by atoms with Gasteiger partial charge in [0, 0.05) is 18.0 Å². The van der Waals surface area contributed by atoms with Crippen LogP contribution in [0.25, 0.3) is 11.6 Å². The summed E-state index contributed by atoms with van der Waals surface area (Å²) in [6.45, 7) is 0. The monoisotopic (exact) mass is 209 g/mol. The second-order valence-corrected chi connectivity index (χ2v) is 3.36. The van der Waals surface area contributed by atoms with Gasteiger partial charge in [-0.2, -0.15) is 0 Å². The maximum absolute atomic E-state index is 11.0. The van der Waals surface area contributed by atoms with Gasteiger partial charge in [-0.25, -0.2) is 0 Å². The van der Waals surface area contributed by atoms with Crippen LogP contribution in [0.2, 0.25) is 0 Å². The van der Waals surface area contributed by atoms with Gasteiger partial charge in [-0.15, -0.1) is 0 Å². The minimum Gasteiger partial charge on any atom is -0.298 e. The van der Waals surface area contributed by atoms with Crippen molar-refractivity contribution in [1.82, 2.24) is 4.98 Å². The van der Waals surface area contributed by atoms with E-state index in [-0.39, 0.29) is 0 Å². The molecule has 0 N–H and O–H groups in total. The second-order valence-electron chi connectivity index (χ2n) is 3.36. The predicted molar refractivity (Wildman–Crippen MR) is 64.6 cm³/mol. The van der Waals surface area contributed by atoms with E-state index in [1.165, 1.54) is 0 Å². The van der Waals surface area contributed by atoms with Crippen LogP contribution in [0.3, 0.4) is 0 Å². The Kier molecular flexibility index (Phi) is 3.24. The number of rotatable bonds is 3. The molecule has 78 valence electrons. The Bertz CT molecular complexity index is 489. The Labute approximate surface area is 94.3 Å². The summed E-state index contributed by atoms with van der Waals surface area (Å²) in [5.74, 6) is 0. The fraction of sp³-hybridized carbons (Fsp3) is 0. The van der Waals surface area contributed by atoms with Crippen LogP contribution in [-0.2, 0) is 4.79 Å². The van der Waals surface area contributed by atoms with Crippen molar-refractivity contribution in [2.75, 3.05) is 0 Å². The largest absolute Gasteiger partial charge is 0.298 e. The molecule has 0 aliphatic rings. The maximum Gasteiger partial charge on any atom is 0.150 e. The third-order valence-electron chi connectivity index (χ3n) is 2.26. The van der Waals surface area contributed by atoms with E-state index in [1.807, 2.05) is 48.5 Å². The summed E-state index contributed by atoms with van der Waals surface area (Å²) >= 11 is 0. The molecule has 0 bridgehead atoms. The second kappa shape index (κ2) is 5.03. The average Bonchev–Trinajstić information content (AvgIpc) is 2.38. The van der Waals surface area contributed by atoms with Crippen LogP contribution < -0.4 is 0 Å². The molecule has 0 radical (unpaired) electrons. The Hall–Kier alpha value is -2.22. The third-order valence-corrected chi connectivity index (χ3v) is 2.26. The summed E-state index contributed by atoms with van der Waals surface area (Å²) in [5, 5.41) is 0. The summed E-state index contributed by atoms with van der Waals surface area (Å²) in [7, 11) is 0. The lowest BCUT2D eigenvalue weighted by atomic mass is 10.0. The number of carbonyl (C=O) groups excluding carboxylic acids is 1. The van der Waals surface area contributed by atoms with Gasteiger partial charge in [0.1, 0.15) is 0 Å². The van der Waals surface area contributed by atoms with Crippen molar-refractivity contribution in [3.05, 3.63) is 66.0 Å². The number of hydrogen-bond donors (Lipinski definition) is 0. The molecule has 0 saturated carbocycles. The van der Waals surface area contributed by atoms with Crippen LogP contribution in [0.4, 0.5) is 0 Å². The zero-order valence-corrected chi connectivity index (χ0v) is 8.71. The highest BCUT2D eigenvalue weighted by molar-refractivity contribution is 6.13. The van der Waals surface area contributed by atoms with E-state index in [0.717, 1.165) is 17.4 Å². The summed E-state index contributed by atoms with van der Waals surface area (Å²) in [4.78, 5) is 15.0. The van der Waals surface area contributed by atoms with Gasteiger partial charge in [-0.1, -0.05) is 30.3 Å². The van der Waals surface area contributed by atoms with Gasteiger partial charge in [0.2, 0.25) is 0 Å². The van der Waals surface area contributed by atoms with E-state index in [0.29, 0.717) is 5.57 Å². The van der Waals surface area contributed by atoms with Crippen molar-refractivity contribution in [1.29, 1.82) is 0 Å². The van der Waals surface area contributed by atoms with E-state index in [4.69, 9.17) is 0 Å². The molecule has 2 nitrogen and oxygen atoms in total. The molecule has 1 heterocycles. The van der Waals surface area contributed by atoms with Crippen LogP contribution in [0.5, 0.6) is 0 Å². The molecule has 2 heteroatoms. The third kappa shape index (κ3) is 2.42. The molecular weight excluding hydrogens is 198 g/mol. The lowest BCUT2D eigenvalue weighted by Crippen LogP contribution is -1.85. The fourth-order valence-corrected chi connectivity index (χ4v) is 1.46. The van der Waals surface area contributed by atoms with Crippen molar-refractivity contribution in [2.24, 2.45) is 0 Å². The molecule has 0 aliphatic carbocycles. The Balaban J connectivity index is 2.38. The van der Waals surface area contributed by atoms with Crippen LogP contribution in [0.1, 0.15) is 11.1 Å². The number of nitrogens with zero attached hydrogens (tertiary/aromatic N) is 1. The molecule has 0 saturated heterocycles. The first-order valence-electron chi connectivity index (χ1n) is 5.02.